The molecule has 2 amide bonds. The van der Waals surface area contributed by atoms with Crippen LogP contribution in [0.2, 0.25) is 0 Å². The molecule has 3 N–H and O–H groups in total. The highest BCUT2D eigenvalue weighted by Gasteiger charge is 2.49. The topological polar surface area (TPSA) is 89.9 Å². The smallest absolute Gasteiger partial charge is 0.329 e. The zero-order chi connectivity index (χ0) is 14.0. The summed E-state index contributed by atoms with van der Waals surface area (Å²) in [6.45, 7) is 2.08. The van der Waals surface area contributed by atoms with E-state index in [9.17, 15) is 19.8 Å². The Balaban J connectivity index is 2.04. The van der Waals surface area contributed by atoms with Gasteiger partial charge in [0.05, 0.1) is 12.6 Å². The lowest BCUT2D eigenvalue weighted by molar-refractivity contribution is -0.144. The number of amides is 2. The average molecular weight is 270 g/mol. The average Bonchev–Trinajstić information content (AvgIpc) is 3.22. The molecule has 2 unspecified atom stereocenters. The Morgan fingerprint density at radius 3 is 2.53 bits per heavy atom. The summed E-state index contributed by atoms with van der Waals surface area (Å²) in [6, 6.07) is -0.554. The third kappa shape index (κ3) is 2.83. The first kappa shape index (κ1) is 14.1. The fraction of sp³-hybridized carbons (Fsp3) is 0.846. The lowest BCUT2D eigenvalue weighted by Crippen LogP contribution is -2.60. The van der Waals surface area contributed by atoms with Gasteiger partial charge in [-0.3, -0.25) is 0 Å². The van der Waals surface area contributed by atoms with Crippen LogP contribution in [0.4, 0.5) is 4.79 Å². The molecule has 0 aromatic heterocycles. The quantitative estimate of drug-likeness (QED) is 0.704. The molecule has 1 saturated heterocycles. The number of likely N-dealkylation sites (tertiary alicyclic amines) is 1. The zero-order valence-electron chi connectivity index (χ0n) is 11.3. The molecule has 1 aliphatic carbocycles. The number of urea groups is 1. The standard InChI is InChI=1S/C13H22N2O4/c1-13(11(17)18,9-5-6-9)14-12(19)15-7-3-2-4-10(15)8-16/h9-10,16H,2-8H2,1H3,(H,14,19)(H,17,18). The number of aliphatic hydroxyl groups excluding tert-OH is 1. The number of carbonyl (C=O) groups is 2. The highest BCUT2D eigenvalue weighted by molar-refractivity contribution is 5.86. The van der Waals surface area contributed by atoms with Crippen molar-refractivity contribution in [1.82, 2.24) is 10.2 Å². The van der Waals surface area contributed by atoms with Crippen molar-refractivity contribution in [2.24, 2.45) is 5.92 Å². The van der Waals surface area contributed by atoms with Gasteiger partial charge in [-0.2, -0.15) is 0 Å². The number of hydrogen-bond acceptors (Lipinski definition) is 3. The summed E-state index contributed by atoms with van der Waals surface area (Å²) in [5.74, 6) is -0.966. The molecule has 0 aromatic rings. The molecule has 2 aliphatic rings. The number of aliphatic carboxylic acids is 1. The number of carboxylic acid groups (broad SMARTS) is 1. The van der Waals surface area contributed by atoms with Crippen LogP contribution in [0.5, 0.6) is 0 Å². The van der Waals surface area contributed by atoms with E-state index in [1.807, 2.05) is 0 Å². The van der Waals surface area contributed by atoms with Gasteiger partial charge in [-0.1, -0.05) is 0 Å². The van der Waals surface area contributed by atoms with Crippen molar-refractivity contribution >= 4 is 12.0 Å². The summed E-state index contributed by atoms with van der Waals surface area (Å²) in [5.41, 5.74) is -1.19. The number of carboxylic acids is 1. The molecule has 1 heterocycles. The molecule has 19 heavy (non-hydrogen) atoms. The van der Waals surface area contributed by atoms with Crippen LogP contribution in [0.1, 0.15) is 39.0 Å². The van der Waals surface area contributed by atoms with Crippen LogP contribution in [0, 0.1) is 5.92 Å². The maximum atomic E-state index is 12.3. The predicted molar refractivity (Wildman–Crippen MR) is 68.7 cm³/mol. The molecule has 108 valence electrons. The Morgan fingerprint density at radius 1 is 1.32 bits per heavy atom. The number of nitrogens with one attached hydrogen (secondary N) is 1. The number of nitrogens with zero attached hydrogens (tertiary/aromatic N) is 1. The number of carbonyl (C=O) groups excluding carboxylic acids is 1. The number of aliphatic hydroxyl groups is 1. The normalized spacial score (nSPS) is 26.6. The Morgan fingerprint density at radius 2 is 2.00 bits per heavy atom. The van der Waals surface area contributed by atoms with Crippen molar-refractivity contribution in [3.05, 3.63) is 0 Å². The molecule has 6 nitrogen and oxygen atoms in total. The number of piperidine rings is 1. The van der Waals surface area contributed by atoms with Crippen molar-refractivity contribution in [2.45, 2.75) is 50.6 Å². The third-order valence-corrected chi connectivity index (χ3v) is 4.30. The van der Waals surface area contributed by atoms with Crippen molar-refractivity contribution < 1.29 is 19.8 Å². The second-order valence-corrected chi connectivity index (χ2v) is 5.74. The van der Waals surface area contributed by atoms with Crippen LogP contribution in [0.25, 0.3) is 0 Å². The van der Waals surface area contributed by atoms with Gasteiger partial charge >= 0.3 is 12.0 Å². The van der Waals surface area contributed by atoms with E-state index in [4.69, 9.17) is 0 Å². The Hall–Kier alpha value is -1.30. The van der Waals surface area contributed by atoms with Crippen LogP contribution in [-0.4, -0.2) is 51.8 Å². The van der Waals surface area contributed by atoms with Crippen molar-refractivity contribution in [1.29, 1.82) is 0 Å². The van der Waals surface area contributed by atoms with Crippen LogP contribution in [-0.2, 0) is 4.79 Å². The molecular formula is C13H22N2O4. The van der Waals surface area contributed by atoms with E-state index >= 15 is 0 Å². The van der Waals surface area contributed by atoms with E-state index in [2.05, 4.69) is 5.32 Å². The molecule has 2 atom stereocenters. The van der Waals surface area contributed by atoms with E-state index in [0.29, 0.717) is 6.54 Å². The summed E-state index contributed by atoms with van der Waals surface area (Å²) in [5, 5.41) is 21.3. The van der Waals surface area contributed by atoms with Gasteiger partial charge in [0.1, 0.15) is 5.54 Å². The molecule has 0 spiro atoms. The van der Waals surface area contributed by atoms with Crippen molar-refractivity contribution in [3.63, 3.8) is 0 Å². The van der Waals surface area contributed by atoms with E-state index in [0.717, 1.165) is 32.1 Å². The van der Waals surface area contributed by atoms with Crippen LogP contribution < -0.4 is 5.32 Å². The largest absolute Gasteiger partial charge is 0.480 e. The molecule has 1 saturated carbocycles. The fourth-order valence-corrected chi connectivity index (χ4v) is 2.74. The van der Waals surface area contributed by atoms with Gasteiger partial charge in [0.25, 0.3) is 0 Å². The maximum absolute atomic E-state index is 12.3. The Labute approximate surface area is 112 Å². The minimum absolute atomic E-state index is 0.0197. The number of hydrogen-bond donors (Lipinski definition) is 3. The van der Waals surface area contributed by atoms with E-state index in [-0.39, 0.29) is 24.6 Å². The van der Waals surface area contributed by atoms with Gasteiger partial charge in [0.2, 0.25) is 0 Å². The number of rotatable bonds is 4. The van der Waals surface area contributed by atoms with Crippen LogP contribution in [0.3, 0.4) is 0 Å². The third-order valence-electron chi connectivity index (χ3n) is 4.30. The maximum Gasteiger partial charge on any atom is 0.329 e. The van der Waals surface area contributed by atoms with E-state index < -0.39 is 11.5 Å². The SMILES string of the molecule is CC(NC(=O)N1CCCCC1CO)(C(=O)O)C1CC1. The first-order valence-corrected chi connectivity index (χ1v) is 6.92. The van der Waals surface area contributed by atoms with Gasteiger partial charge in [0, 0.05) is 6.54 Å². The second-order valence-electron chi connectivity index (χ2n) is 5.74. The molecule has 0 aromatic carbocycles. The van der Waals surface area contributed by atoms with E-state index in [1.165, 1.54) is 0 Å². The highest BCUT2D eigenvalue weighted by Crippen LogP contribution is 2.40. The van der Waals surface area contributed by atoms with Gasteiger partial charge in [-0.25, -0.2) is 9.59 Å². The summed E-state index contributed by atoms with van der Waals surface area (Å²) in [4.78, 5) is 25.2. The summed E-state index contributed by atoms with van der Waals surface area (Å²) >= 11 is 0. The van der Waals surface area contributed by atoms with Gasteiger partial charge in [-0.05, 0) is 44.9 Å². The summed E-state index contributed by atoms with van der Waals surface area (Å²) in [7, 11) is 0. The van der Waals surface area contributed by atoms with Crippen LogP contribution >= 0.6 is 0 Å². The highest BCUT2D eigenvalue weighted by atomic mass is 16.4. The van der Waals surface area contributed by atoms with Crippen molar-refractivity contribution in [3.8, 4) is 0 Å². The van der Waals surface area contributed by atoms with Gasteiger partial charge in [0.15, 0.2) is 0 Å². The second kappa shape index (κ2) is 5.36. The van der Waals surface area contributed by atoms with Crippen molar-refractivity contribution in [2.75, 3.05) is 13.2 Å². The van der Waals surface area contributed by atoms with E-state index in [1.54, 1.807) is 11.8 Å². The summed E-state index contributed by atoms with van der Waals surface area (Å²) < 4.78 is 0. The lowest BCUT2D eigenvalue weighted by atomic mass is 9.96. The summed E-state index contributed by atoms with van der Waals surface area (Å²) in [6.07, 6.45) is 4.35. The first-order chi connectivity index (χ1) is 8.99. The predicted octanol–water partition coefficient (Wildman–Crippen LogP) is 0.796. The fourth-order valence-electron chi connectivity index (χ4n) is 2.74. The van der Waals surface area contributed by atoms with Gasteiger partial charge < -0.3 is 20.4 Å². The first-order valence-electron chi connectivity index (χ1n) is 6.92. The molecule has 2 fully saturated rings. The minimum Gasteiger partial charge on any atom is -0.480 e. The Kier molecular flexibility index (Phi) is 3.99. The molecule has 0 radical (unpaired) electrons. The monoisotopic (exact) mass is 270 g/mol. The van der Waals surface area contributed by atoms with Crippen LogP contribution in [0.15, 0.2) is 0 Å². The molecular weight excluding hydrogens is 248 g/mol. The lowest BCUT2D eigenvalue weighted by Gasteiger charge is -2.37. The molecule has 1 aliphatic heterocycles. The molecule has 0 bridgehead atoms. The molecule has 6 heteroatoms. The minimum atomic E-state index is -1.19. The Bertz CT molecular complexity index is 370. The molecule has 2 rings (SSSR count). The zero-order valence-corrected chi connectivity index (χ0v) is 11.3. The van der Waals surface area contributed by atoms with Gasteiger partial charge in [-0.15, -0.1) is 0 Å².